The highest BCUT2D eigenvalue weighted by Crippen LogP contribution is 2.54. The zero-order valence-corrected chi connectivity index (χ0v) is 23.3. The average molecular weight is 531 g/mol. The van der Waals surface area contributed by atoms with Crippen molar-refractivity contribution in [3.8, 4) is 11.5 Å². The molecular formula is C33H38O6. The lowest BCUT2D eigenvalue weighted by atomic mass is 9.75. The fraction of sp³-hybridized carbons (Fsp3) is 0.394. The van der Waals surface area contributed by atoms with E-state index < -0.39 is 17.5 Å². The minimum atomic E-state index is -1.64. The third-order valence-electron chi connectivity index (χ3n) is 7.48. The Balaban J connectivity index is 2.16. The lowest BCUT2D eigenvalue weighted by Crippen LogP contribution is -2.31. The van der Waals surface area contributed by atoms with Gasteiger partial charge < -0.3 is 20.1 Å². The quantitative estimate of drug-likeness (QED) is 0.229. The molecule has 0 unspecified atom stereocenters. The van der Waals surface area contributed by atoms with Crippen molar-refractivity contribution in [2.75, 3.05) is 0 Å². The highest BCUT2D eigenvalue weighted by molar-refractivity contribution is 6.00. The Hall–Kier alpha value is -3.80. The number of ether oxygens (including phenoxy) is 1. The number of carboxylic acids is 1. The molecule has 0 aliphatic carbocycles. The smallest absolute Gasteiger partial charge is 0.340 e. The number of aromatic hydroxyl groups is 2. The third kappa shape index (κ3) is 5.00. The molecule has 0 saturated heterocycles. The number of esters is 1. The lowest BCUT2D eigenvalue weighted by Gasteiger charge is -2.33. The molecule has 0 saturated carbocycles. The van der Waals surface area contributed by atoms with Crippen molar-refractivity contribution in [1.29, 1.82) is 0 Å². The van der Waals surface area contributed by atoms with Crippen LogP contribution in [-0.2, 0) is 36.0 Å². The Morgan fingerprint density at radius 1 is 0.718 bits per heavy atom. The van der Waals surface area contributed by atoms with Gasteiger partial charge in [0.15, 0.2) is 5.60 Å². The van der Waals surface area contributed by atoms with E-state index in [2.05, 4.69) is 13.8 Å². The number of aryl methyl sites for hydroxylation is 4. The van der Waals surface area contributed by atoms with E-state index in [1.165, 1.54) is 12.1 Å². The van der Waals surface area contributed by atoms with Gasteiger partial charge in [-0.2, -0.15) is 0 Å². The molecule has 1 aliphatic rings. The lowest BCUT2D eigenvalue weighted by molar-refractivity contribution is 0.0238. The number of carbonyl (C=O) groups is 2. The highest BCUT2D eigenvalue weighted by Gasteiger charge is 2.52. The van der Waals surface area contributed by atoms with E-state index in [1.54, 1.807) is 6.07 Å². The van der Waals surface area contributed by atoms with E-state index >= 15 is 0 Å². The first kappa shape index (κ1) is 28.2. The standard InChI is InChI=1S/C33H38O6/c1-5-9-20-15-22(11-7-3)29(34)27(17-20)33(26-14-13-24(31(36)37)19-25(26)32(38)39-33)28-18-21(10-6-2)16-23(12-8-4)30(28)35/h13-19,34-35H,5-12H2,1-4H3,(H,36,37). The summed E-state index contributed by atoms with van der Waals surface area (Å²) >= 11 is 0. The molecule has 0 radical (unpaired) electrons. The molecule has 206 valence electrons. The topological polar surface area (TPSA) is 104 Å². The second-order valence-corrected chi connectivity index (χ2v) is 10.4. The molecule has 39 heavy (non-hydrogen) atoms. The number of cyclic esters (lactones) is 1. The average Bonchev–Trinajstić information content (AvgIpc) is 3.20. The number of carboxylic acid groups (broad SMARTS) is 1. The normalized spacial score (nSPS) is 13.8. The largest absolute Gasteiger partial charge is 0.507 e. The predicted molar refractivity (Wildman–Crippen MR) is 151 cm³/mol. The molecule has 4 rings (SSSR count). The third-order valence-corrected chi connectivity index (χ3v) is 7.48. The van der Waals surface area contributed by atoms with Crippen molar-refractivity contribution in [1.82, 2.24) is 0 Å². The molecule has 6 nitrogen and oxygen atoms in total. The summed E-state index contributed by atoms with van der Waals surface area (Å²) in [5, 5.41) is 33.1. The van der Waals surface area contributed by atoms with E-state index in [0.29, 0.717) is 29.5 Å². The zero-order valence-electron chi connectivity index (χ0n) is 23.3. The Kier molecular flexibility index (Phi) is 8.34. The van der Waals surface area contributed by atoms with Gasteiger partial charge in [0, 0.05) is 16.7 Å². The van der Waals surface area contributed by atoms with Crippen molar-refractivity contribution in [2.45, 2.75) is 84.7 Å². The van der Waals surface area contributed by atoms with Gasteiger partial charge in [0.2, 0.25) is 0 Å². The Labute approximate surface area is 230 Å². The molecular weight excluding hydrogens is 492 g/mol. The van der Waals surface area contributed by atoms with E-state index in [4.69, 9.17) is 4.74 Å². The van der Waals surface area contributed by atoms with Crippen molar-refractivity contribution in [3.05, 3.63) is 92.5 Å². The maximum absolute atomic E-state index is 13.5. The Morgan fingerprint density at radius 2 is 1.21 bits per heavy atom. The maximum Gasteiger partial charge on any atom is 0.340 e. The van der Waals surface area contributed by atoms with Crippen LogP contribution in [0.15, 0.2) is 42.5 Å². The van der Waals surface area contributed by atoms with Crippen LogP contribution in [0.2, 0.25) is 0 Å². The molecule has 6 heteroatoms. The van der Waals surface area contributed by atoms with Crippen LogP contribution in [0.4, 0.5) is 0 Å². The van der Waals surface area contributed by atoms with E-state index in [9.17, 15) is 24.9 Å². The highest BCUT2D eigenvalue weighted by atomic mass is 16.6. The van der Waals surface area contributed by atoms with Crippen LogP contribution >= 0.6 is 0 Å². The van der Waals surface area contributed by atoms with Crippen molar-refractivity contribution in [2.24, 2.45) is 0 Å². The number of hydrogen-bond donors (Lipinski definition) is 3. The van der Waals surface area contributed by atoms with Gasteiger partial charge >= 0.3 is 11.9 Å². The number of rotatable bonds is 11. The number of hydrogen-bond acceptors (Lipinski definition) is 5. The number of phenolic OH excluding ortho intramolecular Hbond substituents is 2. The van der Waals surface area contributed by atoms with Gasteiger partial charge in [-0.15, -0.1) is 0 Å². The van der Waals surface area contributed by atoms with Crippen LogP contribution in [0, 0.1) is 0 Å². The first-order valence-electron chi connectivity index (χ1n) is 14.0. The first-order valence-corrected chi connectivity index (χ1v) is 14.0. The molecule has 0 bridgehead atoms. The maximum atomic E-state index is 13.5. The minimum absolute atomic E-state index is 0.0250. The molecule has 3 N–H and O–H groups in total. The zero-order chi connectivity index (χ0) is 28.3. The number of aromatic carboxylic acids is 1. The second kappa shape index (κ2) is 11.5. The van der Waals surface area contributed by atoms with Crippen LogP contribution in [-0.4, -0.2) is 27.3 Å². The summed E-state index contributed by atoms with van der Waals surface area (Å²) in [7, 11) is 0. The van der Waals surface area contributed by atoms with Crippen LogP contribution in [0.5, 0.6) is 11.5 Å². The van der Waals surface area contributed by atoms with Crippen LogP contribution in [0.1, 0.15) is 113 Å². The van der Waals surface area contributed by atoms with Gasteiger partial charge in [0.25, 0.3) is 0 Å². The Morgan fingerprint density at radius 3 is 1.64 bits per heavy atom. The Bertz CT molecular complexity index is 1340. The summed E-state index contributed by atoms with van der Waals surface area (Å²) in [4.78, 5) is 25.2. The molecule has 0 fully saturated rings. The summed E-state index contributed by atoms with van der Waals surface area (Å²) in [5.41, 5.74) is 3.13. The molecule has 3 aromatic rings. The summed E-state index contributed by atoms with van der Waals surface area (Å²) in [5.74, 6) is -1.80. The molecule has 0 aromatic heterocycles. The van der Waals surface area contributed by atoms with Gasteiger partial charge in [0.05, 0.1) is 11.1 Å². The summed E-state index contributed by atoms with van der Waals surface area (Å²) < 4.78 is 6.27. The number of fused-ring (bicyclic) bond motifs is 1. The van der Waals surface area contributed by atoms with Gasteiger partial charge in [-0.05, 0) is 72.2 Å². The molecule has 0 amide bonds. The number of carbonyl (C=O) groups excluding carboxylic acids is 1. The van der Waals surface area contributed by atoms with Gasteiger partial charge in [-0.25, -0.2) is 9.59 Å². The van der Waals surface area contributed by atoms with Crippen LogP contribution in [0.25, 0.3) is 0 Å². The van der Waals surface area contributed by atoms with Crippen molar-refractivity contribution >= 4 is 11.9 Å². The number of phenols is 2. The van der Waals surface area contributed by atoms with Gasteiger partial charge in [-0.1, -0.05) is 71.6 Å². The van der Waals surface area contributed by atoms with E-state index in [-0.39, 0.29) is 22.6 Å². The molecule has 1 aliphatic heterocycles. The minimum Gasteiger partial charge on any atom is -0.507 e. The van der Waals surface area contributed by atoms with Gasteiger partial charge in [0.1, 0.15) is 11.5 Å². The SMILES string of the molecule is CCCc1cc(CCC)c(O)c(C2(c3cc(CCC)cc(CCC)c3O)OC(=O)c3cc(C(=O)O)ccc32)c1. The fourth-order valence-electron chi connectivity index (χ4n) is 5.79. The monoisotopic (exact) mass is 530 g/mol. The number of benzene rings is 3. The summed E-state index contributed by atoms with van der Waals surface area (Å²) in [6.45, 7) is 8.24. The van der Waals surface area contributed by atoms with Crippen LogP contribution < -0.4 is 0 Å². The molecule has 0 spiro atoms. The predicted octanol–water partition coefficient (Wildman–Crippen LogP) is 7.07. The summed E-state index contributed by atoms with van der Waals surface area (Å²) in [6.07, 6.45) is 6.20. The van der Waals surface area contributed by atoms with E-state index in [1.807, 2.05) is 38.1 Å². The second-order valence-electron chi connectivity index (χ2n) is 10.4. The first-order chi connectivity index (χ1) is 18.7. The molecule has 0 atom stereocenters. The molecule has 1 heterocycles. The fourth-order valence-corrected chi connectivity index (χ4v) is 5.79. The molecule has 3 aromatic carbocycles. The van der Waals surface area contributed by atoms with Crippen LogP contribution in [0.3, 0.4) is 0 Å². The van der Waals surface area contributed by atoms with Gasteiger partial charge in [-0.3, -0.25) is 0 Å². The van der Waals surface area contributed by atoms with Crippen molar-refractivity contribution in [3.63, 3.8) is 0 Å². The summed E-state index contributed by atoms with van der Waals surface area (Å²) in [6, 6.07) is 12.1. The van der Waals surface area contributed by atoms with Crippen molar-refractivity contribution < 1.29 is 29.6 Å². The van der Waals surface area contributed by atoms with E-state index in [0.717, 1.165) is 60.8 Å².